The van der Waals surface area contributed by atoms with Crippen molar-refractivity contribution < 1.29 is 22.7 Å². The molecule has 0 N–H and O–H groups in total. The molecule has 0 saturated carbocycles. The Balaban J connectivity index is 1.71. The summed E-state index contributed by atoms with van der Waals surface area (Å²) in [6, 6.07) is 5.89. The largest absolute Gasteiger partial charge is 0.497 e. The first-order chi connectivity index (χ1) is 14.9. The van der Waals surface area contributed by atoms with E-state index in [0.717, 1.165) is 0 Å². The SMILES string of the molecule is COc1cccc(S(=O)(=O)N2CCC[C@H]2c2nc(C)ncc2C(=O)N2CCOCC2)c1. The maximum atomic E-state index is 13.5. The van der Waals surface area contributed by atoms with Crippen LogP contribution in [0.4, 0.5) is 0 Å². The number of sulfonamides is 1. The molecule has 2 saturated heterocycles. The van der Waals surface area contributed by atoms with Gasteiger partial charge in [-0.25, -0.2) is 18.4 Å². The van der Waals surface area contributed by atoms with Gasteiger partial charge in [-0.15, -0.1) is 0 Å². The van der Waals surface area contributed by atoms with E-state index in [1.54, 1.807) is 30.0 Å². The van der Waals surface area contributed by atoms with Gasteiger partial charge in [-0.1, -0.05) is 6.07 Å². The van der Waals surface area contributed by atoms with Gasteiger partial charge < -0.3 is 14.4 Å². The average Bonchev–Trinajstić information content (AvgIpc) is 3.30. The Bertz CT molecular complexity index is 1070. The number of morpholine rings is 1. The number of aromatic nitrogens is 2. The van der Waals surface area contributed by atoms with Crippen LogP contribution in [-0.2, 0) is 14.8 Å². The first kappa shape index (κ1) is 21.7. The zero-order valence-electron chi connectivity index (χ0n) is 17.7. The predicted molar refractivity (Wildman–Crippen MR) is 112 cm³/mol. The van der Waals surface area contributed by atoms with Crippen molar-refractivity contribution in [2.45, 2.75) is 30.7 Å². The molecule has 3 heterocycles. The van der Waals surface area contributed by atoms with Crippen molar-refractivity contribution in [3.63, 3.8) is 0 Å². The van der Waals surface area contributed by atoms with Gasteiger partial charge in [0.25, 0.3) is 5.91 Å². The maximum Gasteiger partial charge on any atom is 0.257 e. The highest BCUT2D eigenvalue weighted by molar-refractivity contribution is 7.89. The van der Waals surface area contributed by atoms with E-state index in [0.29, 0.717) is 68.5 Å². The van der Waals surface area contributed by atoms with E-state index < -0.39 is 16.1 Å². The Hall–Kier alpha value is -2.56. The van der Waals surface area contributed by atoms with Crippen molar-refractivity contribution >= 4 is 15.9 Å². The highest BCUT2D eigenvalue weighted by Gasteiger charge is 2.39. The third-order valence-electron chi connectivity index (χ3n) is 5.63. The van der Waals surface area contributed by atoms with E-state index in [4.69, 9.17) is 9.47 Å². The number of amides is 1. The molecule has 166 valence electrons. The summed E-state index contributed by atoms with van der Waals surface area (Å²) < 4.78 is 38.9. The third-order valence-corrected chi connectivity index (χ3v) is 7.54. The van der Waals surface area contributed by atoms with Crippen LogP contribution in [-0.4, -0.2) is 73.5 Å². The number of nitrogens with zero attached hydrogens (tertiary/aromatic N) is 4. The number of hydrogen-bond acceptors (Lipinski definition) is 7. The standard InChI is InChI=1S/C21H26N4O5S/c1-15-22-14-18(21(26)24-9-11-30-12-10-24)20(23-15)19-7-4-8-25(19)31(27,28)17-6-3-5-16(13-17)29-2/h3,5-6,13-14,19H,4,7-12H2,1-2H3/t19-/m0/s1. The second-order valence-corrected chi connectivity index (χ2v) is 9.46. The molecular weight excluding hydrogens is 420 g/mol. The number of carbonyl (C=O) groups excluding carboxylic acids is 1. The molecule has 31 heavy (non-hydrogen) atoms. The molecule has 1 atom stereocenters. The summed E-state index contributed by atoms with van der Waals surface area (Å²) in [7, 11) is -2.30. The molecule has 2 aliphatic heterocycles. The molecule has 0 aliphatic carbocycles. The molecular formula is C21H26N4O5S. The second-order valence-electron chi connectivity index (χ2n) is 7.57. The molecule has 1 amide bonds. The van der Waals surface area contributed by atoms with E-state index in [1.807, 2.05) is 0 Å². The van der Waals surface area contributed by atoms with Crippen LogP contribution in [0.2, 0.25) is 0 Å². The molecule has 10 heteroatoms. The molecule has 2 aromatic rings. The molecule has 1 aromatic carbocycles. The number of ether oxygens (including phenoxy) is 2. The minimum atomic E-state index is -3.80. The van der Waals surface area contributed by atoms with Crippen molar-refractivity contribution in [2.24, 2.45) is 0 Å². The molecule has 1 aromatic heterocycles. The summed E-state index contributed by atoms with van der Waals surface area (Å²) >= 11 is 0. The van der Waals surface area contributed by atoms with Crippen molar-refractivity contribution in [2.75, 3.05) is 40.0 Å². The van der Waals surface area contributed by atoms with Crippen LogP contribution in [0.15, 0.2) is 35.4 Å². The van der Waals surface area contributed by atoms with Crippen molar-refractivity contribution in [1.29, 1.82) is 0 Å². The molecule has 0 radical (unpaired) electrons. The average molecular weight is 447 g/mol. The van der Waals surface area contributed by atoms with Gasteiger partial charge in [0.05, 0.1) is 42.5 Å². The van der Waals surface area contributed by atoms with Crippen LogP contribution in [0.5, 0.6) is 5.75 Å². The molecule has 4 rings (SSSR count). The topological polar surface area (TPSA) is 102 Å². The van der Waals surface area contributed by atoms with Gasteiger partial charge >= 0.3 is 0 Å². The van der Waals surface area contributed by atoms with Crippen LogP contribution in [0.1, 0.15) is 40.8 Å². The lowest BCUT2D eigenvalue weighted by Crippen LogP contribution is -2.41. The molecule has 0 unspecified atom stereocenters. The van der Waals surface area contributed by atoms with Gasteiger partial charge in [0.15, 0.2) is 0 Å². The van der Waals surface area contributed by atoms with Gasteiger partial charge in [-0.05, 0) is 31.9 Å². The van der Waals surface area contributed by atoms with Crippen LogP contribution in [0.3, 0.4) is 0 Å². The number of benzene rings is 1. The monoisotopic (exact) mass is 446 g/mol. The van der Waals surface area contributed by atoms with Crippen LogP contribution >= 0.6 is 0 Å². The zero-order valence-corrected chi connectivity index (χ0v) is 18.5. The Labute approximate surface area is 182 Å². The summed E-state index contributed by atoms with van der Waals surface area (Å²) in [5.74, 6) is 0.779. The van der Waals surface area contributed by atoms with E-state index in [1.165, 1.54) is 23.7 Å². The minimum absolute atomic E-state index is 0.158. The lowest BCUT2D eigenvalue weighted by atomic mass is 10.1. The number of carbonyl (C=O) groups is 1. The fraction of sp³-hybridized carbons (Fsp3) is 0.476. The molecule has 0 spiro atoms. The summed E-state index contributed by atoms with van der Waals surface area (Å²) in [5, 5.41) is 0. The van der Waals surface area contributed by atoms with E-state index >= 15 is 0 Å². The molecule has 9 nitrogen and oxygen atoms in total. The Kier molecular flexibility index (Phi) is 6.22. The smallest absolute Gasteiger partial charge is 0.257 e. The van der Waals surface area contributed by atoms with Crippen LogP contribution < -0.4 is 4.74 Å². The highest BCUT2D eigenvalue weighted by Crippen LogP contribution is 2.37. The van der Waals surface area contributed by atoms with E-state index in [9.17, 15) is 13.2 Å². The van der Waals surface area contributed by atoms with Gasteiger partial charge in [0, 0.05) is 31.9 Å². The van der Waals surface area contributed by atoms with Crippen molar-refractivity contribution in [1.82, 2.24) is 19.2 Å². The second kappa shape index (κ2) is 8.89. The highest BCUT2D eigenvalue weighted by atomic mass is 32.2. The maximum absolute atomic E-state index is 13.5. The zero-order chi connectivity index (χ0) is 22.0. The van der Waals surface area contributed by atoms with Crippen LogP contribution in [0, 0.1) is 6.92 Å². The minimum Gasteiger partial charge on any atom is -0.497 e. The Morgan fingerprint density at radius 3 is 2.74 bits per heavy atom. The van der Waals surface area contributed by atoms with E-state index in [-0.39, 0.29) is 10.8 Å². The first-order valence-corrected chi connectivity index (χ1v) is 11.7. The summed E-state index contributed by atoms with van der Waals surface area (Å²) in [6.07, 6.45) is 2.79. The van der Waals surface area contributed by atoms with Gasteiger partial charge in [0.1, 0.15) is 11.6 Å². The number of methoxy groups -OCH3 is 1. The molecule has 2 aliphatic rings. The number of hydrogen-bond donors (Lipinski definition) is 0. The Morgan fingerprint density at radius 1 is 1.23 bits per heavy atom. The fourth-order valence-corrected chi connectivity index (χ4v) is 5.74. The molecule has 2 fully saturated rings. The normalized spacial score (nSPS) is 20.1. The van der Waals surface area contributed by atoms with Gasteiger partial charge in [0.2, 0.25) is 10.0 Å². The van der Waals surface area contributed by atoms with Gasteiger partial charge in [-0.3, -0.25) is 4.79 Å². The lowest BCUT2D eigenvalue weighted by Gasteiger charge is -2.29. The Morgan fingerprint density at radius 2 is 2.00 bits per heavy atom. The first-order valence-electron chi connectivity index (χ1n) is 10.3. The van der Waals surface area contributed by atoms with Crippen molar-refractivity contribution in [3.8, 4) is 5.75 Å². The summed E-state index contributed by atoms with van der Waals surface area (Å²) in [6.45, 7) is 4.03. The summed E-state index contributed by atoms with van der Waals surface area (Å²) in [4.78, 5) is 23.8. The number of rotatable bonds is 5. The quantitative estimate of drug-likeness (QED) is 0.690. The third kappa shape index (κ3) is 4.28. The van der Waals surface area contributed by atoms with Crippen molar-refractivity contribution in [3.05, 3.63) is 47.5 Å². The lowest BCUT2D eigenvalue weighted by molar-refractivity contribution is 0.0300. The fourth-order valence-electron chi connectivity index (χ4n) is 4.04. The summed E-state index contributed by atoms with van der Waals surface area (Å²) in [5.41, 5.74) is 0.818. The predicted octanol–water partition coefficient (Wildman–Crippen LogP) is 1.79. The van der Waals surface area contributed by atoms with Crippen LogP contribution in [0.25, 0.3) is 0 Å². The number of aryl methyl sites for hydroxylation is 1. The molecule has 0 bridgehead atoms. The van der Waals surface area contributed by atoms with E-state index in [2.05, 4.69) is 9.97 Å². The van der Waals surface area contributed by atoms with Gasteiger partial charge in [-0.2, -0.15) is 4.31 Å².